The van der Waals surface area contributed by atoms with Gasteiger partial charge in [-0.2, -0.15) is 0 Å². The molecule has 0 aliphatic rings. The van der Waals surface area contributed by atoms with Gasteiger partial charge in [0.15, 0.2) is 0 Å². The molecule has 0 saturated heterocycles. The highest BCUT2D eigenvalue weighted by atomic mass is 16.5. The minimum Gasteiger partial charge on any atom is -0.474 e. The fourth-order valence-electron chi connectivity index (χ4n) is 0.0680. The molecule has 0 spiro atoms. The summed E-state index contributed by atoms with van der Waals surface area (Å²) in [7, 11) is 0. The third-order valence-electron chi connectivity index (χ3n) is 0.192. The molecular weight excluding hydrogens is 92.1 g/mol. The average molecular weight is 102 g/mol. The summed E-state index contributed by atoms with van der Waals surface area (Å²) in [5.41, 5.74) is 0. The Balaban J connectivity index is 0. The smallest absolute Gasteiger partial charge is 0.0829 e. The molecule has 0 aliphatic carbocycles. The van der Waals surface area contributed by atoms with Crippen molar-refractivity contribution < 1.29 is 4.74 Å². The first-order chi connectivity index (χ1) is 3.41. The SMILES string of the molecule is C=COC=C.NN. The van der Waals surface area contributed by atoms with Crippen LogP contribution in [0.2, 0.25) is 0 Å². The zero-order valence-electron chi connectivity index (χ0n) is 4.13. The summed E-state index contributed by atoms with van der Waals surface area (Å²) in [6.07, 6.45) is 2.62. The molecule has 3 nitrogen and oxygen atoms in total. The second kappa shape index (κ2) is 19.0. The van der Waals surface area contributed by atoms with Gasteiger partial charge in [0.2, 0.25) is 0 Å². The van der Waals surface area contributed by atoms with Crippen LogP contribution in [0.5, 0.6) is 0 Å². The lowest BCUT2D eigenvalue weighted by Gasteiger charge is -1.76. The van der Waals surface area contributed by atoms with E-state index in [1.165, 1.54) is 12.5 Å². The Morgan fingerprint density at radius 3 is 1.43 bits per heavy atom. The zero-order valence-corrected chi connectivity index (χ0v) is 4.13. The van der Waals surface area contributed by atoms with Crippen molar-refractivity contribution in [1.82, 2.24) is 0 Å². The molecule has 0 aromatic carbocycles. The van der Waals surface area contributed by atoms with Crippen molar-refractivity contribution in [2.45, 2.75) is 0 Å². The zero-order chi connectivity index (χ0) is 6.12. The van der Waals surface area contributed by atoms with Crippen LogP contribution >= 0.6 is 0 Å². The van der Waals surface area contributed by atoms with E-state index in [-0.39, 0.29) is 0 Å². The molecule has 0 atom stereocenters. The number of hydrogen-bond acceptors (Lipinski definition) is 3. The molecule has 0 bridgehead atoms. The average Bonchev–Trinajstić information content (AvgIpc) is 1.75. The van der Waals surface area contributed by atoms with Crippen molar-refractivity contribution in [3.63, 3.8) is 0 Å². The van der Waals surface area contributed by atoms with Crippen LogP contribution in [0, 0.1) is 0 Å². The molecule has 0 aliphatic heterocycles. The molecule has 7 heavy (non-hydrogen) atoms. The normalized spacial score (nSPS) is 4.86. The number of rotatable bonds is 2. The van der Waals surface area contributed by atoms with Gasteiger partial charge in [0, 0.05) is 0 Å². The quantitative estimate of drug-likeness (QED) is 0.295. The molecule has 0 aromatic rings. The fraction of sp³-hybridized carbons (Fsp3) is 0. The molecule has 0 amide bonds. The van der Waals surface area contributed by atoms with Gasteiger partial charge >= 0.3 is 0 Å². The summed E-state index contributed by atoms with van der Waals surface area (Å²) in [6, 6.07) is 0. The van der Waals surface area contributed by atoms with Gasteiger partial charge in [-0.15, -0.1) is 0 Å². The van der Waals surface area contributed by atoms with Crippen molar-refractivity contribution in [3.05, 3.63) is 25.7 Å². The molecule has 0 unspecified atom stereocenters. The minimum atomic E-state index is 1.31. The topological polar surface area (TPSA) is 61.3 Å². The standard InChI is InChI=1S/C4H6O.H4N2/c1-3-5-4-2;1-2/h3-4H,1-2H2;1-2H2. The summed E-state index contributed by atoms with van der Waals surface area (Å²) in [6.45, 7) is 6.51. The van der Waals surface area contributed by atoms with E-state index in [0.29, 0.717) is 0 Å². The lowest BCUT2D eigenvalue weighted by molar-refractivity contribution is 0.406. The fourth-order valence-corrected chi connectivity index (χ4v) is 0.0680. The van der Waals surface area contributed by atoms with E-state index in [0.717, 1.165) is 0 Å². The predicted octanol–water partition coefficient (Wildman–Crippen LogP) is 0.109. The van der Waals surface area contributed by atoms with Crippen molar-refractivity contribution in [3.8, 4) is 0 Å². The monoisotopic (exact) mass is 102 g/mol. The summed E-state index contributed by atoms with van der Waals surface area (Å²) >= 11 is 0. The van der Waals surface area contributed by atoms with Crippen molar-refractivity contribution >= 4 is 0 Å². The Morgan fingerprint density at radius 2 is 1.43 bits per heavy atom. The first-order valence-electron chi connectivity index (χ1n) is 1.62. The maximum Gasteiger partial charge on any atom is 0.0829 e. The molecular formula is C4H10N2O. The summed E-state index contributed by atoms with van der Waals surface area (Å²) in [5.74, 6) is 8.00. The van der Waals surface area contributed by atoms with Gasteiger partial charge in [-0.05, 0) is 0 Å². The molecule has 0 rings (SSSR count). The summed E-state index contributed by atoms with van der Waals surface area (Å²) in [5, 5.41) is 0. The molecule has 4 N–H and O–H groups in total. The van der Waals surface area contributed by atoms with E-state index in [1.54, 1.807) is 0 Å². The van der Waals surface area contributed by atoms with Crippen LogP contribution in [0.1, 0.15) is 0 Å². The molecule has 0 saturated carbocycles. The first kappa shape index (κ1) is 9.50. The van der Waals surface area contributed by atoms with Gasteiger partial charge in [0.05, 0.1) is 12.5 Å². The lowest BCUT2D eigenvalue weighted by atomic mass is 11.1. The maximum atomic E-state index is 4.36. The largest absolute Gasteiger partial charge is 0.474 e. The molecule has 0 fully saturated rings. The lowest BCUT2D eigenvalue weighted by Crippen LogP contribution is -2.02. The van der Waals surface area contributed by atoms with Crippen LogP contribution in [0.4, 0.5) is 0 Å². The third kappa shape index (κ3) is 37.0. The molecule has 42 valence electrons. The Labute approximate surface area is 43.2 Å². The van der Waals surface area contributed by atoms with Crippen LogP contribution in [-0.4, -0.2) is 0 Å². The molecule has 0 aromatic heterocycles. The van der Waals surface area contributed by atoms with Gasteiger partial charge in [0.1, 0.15) is 0 Å². The minimum absolute atomic E-state index is 1.31. The summed E-state index contributed by atoms with van der Waals surface area (Å²) < 4.78 is 4.36. The molecule has 3 heteroatoms. The Kier molecular flexibility index (Phi) is 25.7. The van der Waals surface area contributed by atoms with E-state index in [9.17, 15) is 0 Å². The van der Waals surface area contributed by atoms with Crippen LogP contribution < -0.4 is 11.7 Å². The Hall–Kier alpha value is -0.800. The number of ether oxygens (including phenoxy) is 1. The van der Waals surface area contributed by atoms with E-state index in [4.69, 9.17) is 0 Å². The predicted molar refractivity (Wildman–Crippen MR) is 29.9 cm³/mol. The van der Waals surface area contributed by atoms with Crippen LogP contribution in [0.25, 0.3) is 0 Å². The second-order valence-corrected chi connectivity index (χ2v) is 0.469. The van der Waals surface area contributed by atoms with E-state index in [2.05, 4.69) is 29.6 Å². The molecule has 0 radical (unpaired) electrons. The first-order valence-corrected chi connectivity index (χ1v) is 1.62. The van der Waals surface area contributed by atoms with Crippen LogP contribution in [0.15, 0.2) is 25.7 Å². The third-order valence-corrected chi connectivity index (χ3v) is 0.192. The van der Waals surface area contributed by atoms with E-state index in [1.807, 2.05) is 0 Å². The maximum absolute atomic E-state index is 4.36. The highest BCUT2D eigenvalue weighted by Gasteiger charge is 1.45. The Bertz CT molecular complexity index is 39.0. The number of nitrogens with two attached hydrogens (primary N) is 2. The van der Waals surface area contributed by atoms with Crippen LogP contribution in [0.3, 0.4) is 0 Å². The molecule has 0 heterocycles. The van der Waals surface area contributed by atoms with Crippen molar-refractivity contribution in [2.24, 2.45) is 11.7 Å². The summed E-state index contributed by atoms with van der Waals surface area (Å²) in [4.78, 5) is 0. The second-order valence-electron chi connectivity index (χ2n) is 0.469. The van der Waals surface area contributed by atoms with Gasteiger partial charge in [0.25, 0.3) is 0 Å². The van der Waals surface area contributed by atoms with Gasteiger partial charge in [-0.3, -0.25) is 11.7 Å². The van der Waals surface area contributed by atoms with Crippen molar-refractivity contribution in [1.29, 1.82) is 0 Å². The highest BCUT2D eigenvalue weighted by molar-refractivity contribution is 4.57. The van der Waals surface area contributed by atoms with Crippen LogP contribution in [-0.2, 0) is 4.74 Å². The van der Waals surface area contributed by atoms with E-state index >= 15 is 0 Å². The number of hydrazine groups is 1. The van der Waals surface area contributed by atoms with E-state index < -0.39 is 0 Å². The highest BCUT2D eigenvalue weighted by Crippen LogP contribution is 1.65. The van der Waals surface area contributed by atoms with Gasteiger partial charge in [-0.25, -0.2) is 0 Å². The van der Waals surface area contributed by atoms with Crippen molar-refractivity contribution in [2.75, 3.05) is 0 Å². The Morgan fingerprint density at radius 1 is 1.14 bits per heavy atom. The van der Waals surface area contributed by atoms with Gasteiger partial charge < -0.3 is 4.74 Å². The number of hydrogen-bond donors (Lipinski definition) is 2. The van der Waals surface area contributed by atoms with Gasteiger partial charge in [-0.1, -0.05) is 13.2 Å².